The van der Waals surface area contributed by atoms with Gasteiger partial charge >= 0.3 is 0 Å². The topological polar surface area (TPSA) is 165 Å². The van der Waals surface area contributed by atoms with Crippen LogP contribution in [0.5, 0.6) is 0 Å². The minimum absolute atomic E-state index is 0.0937. The molecule has 3 atom stereocenters. The van der Waals surface area contributed by atoms with Gasteiger partial charge in [-0.05, 0) is 24.1 Å². The van der Waals surface area contributed by atoms with Gasteiger partial charge < -0.3 is 21.7 Å². The van der Waals surface area contributed by atoms with Crippen molar-refractivity contribution in [1.29, 1.82) is 0 Å². The highest BCUT2D eigenvalue weighted by molar-refractivity contribution is 7.91. The van der Waals surface area contributed by atoms with Crippen molar-refractivity contribution in [2.24, 2.45) is 5.73 Å². The molecule has 5 N–H and O–H groups in total. The summed E-state index contributed by atoms with van der Waals surface area (Å²) in [6.45, 7) is 0. The van der Waals surface area contributed by atoms with E-state index in [4.69, 9.17) is 5.73 Å². The molecule has 0 aliphatic carbocycles. The van der Waals surface area contributed by atoms with E-state index in [0.717, 1.165) is 5.56 Å². The molecule has 1 heterocycles. The normalized spacial score (nSPS) is 18.9. The summed E-state index contributed by atoms with van der Waals surface area (Å²) in [4.78, 5) is 49.2. The van der Waals surface area contributed by atoms with E-state index in [1.54, 1.807) is 18.2 Å². The molecule has 34 heavy (non-hydrogen) atoms. The zero-order valence-corrected chi connectivity index (χ0v) is 19.1. The first-order valence-electron chi connectivity index (χ1n) is 10.7. The van der Waals surface area contributed by atoms with Gasteiger partial charge in [-0.3, -0.25) is 19.2 Å². The molecule has 0 aromatic heterocycles. The van der Waals surface area contributed by atoms with E-state index < -0.39 is 63.8 Å². The Balaban J connectivity index is 1.54. The van der Waals surface area contributed by atoms with Gasteiger partial charge in [0.1, 0.15) is 18.1 Å². The lowest BCUT2D eigenvalue weighted by atomic mass is 10.0. The van der Waals surface area contributed by atoms with Gasteiger partial charge in [0.15, 0.2) is 9.84 Å². The molecule has 11 heteroatoms. The number of carbonyl (C=O) groups is 4. The number of hydrogen-bond acceptors (Lipinski definition) is 6. The van der Waals surface area contributed by atoms with Crippen LogP contribution in [0.1, 0.15) is 18.4 Å². The van der Waals surface area contributed by atoms with Gasteiger partial charge in [-0.1, -0.05) is 48.5 Å². The van der Waals surface area contributed by atoms with E-state index in [-0.39, 0.29) is 11.3 Å². The van der Waals surface area contributed by atoms with Crippen molar-refractivity contribution in [1.82, 2.24) is 16.0 Å². The van der Waals surface area contributed by atoms with Crippen molar-refractivity contribution in [3.63, 3.8) is 0 Å². The molecule has 0 spiro atoms. The Kier molecular flexibility index (Phi) is 8.00. The maximum absolute atomic E-state index is 12.4. The smallest absolute Gasteiger partial charge is 0.243 e. The Morgan fingerprint density at radius 1 is 0.912 bits per heavy atom. The van der Waals surface area contributed by atoms with E-state index >= 15 is 0 Å². The van der Waals surface area contributed by atoms with Crippen LogP contribution in [0.2, 0.25) is 0 Å². The molecule has 10 nitrogen and oxygen atoms in total. The fourth-order valence-electron chi connectivity index (χ4n) is 3.56. The molecular formula is C23H26N4O6S. The van der Waals surface area contributed by atoms with Crippen LogP contribution in [0.3, 0.4) is 0 Å². The number of benzene rings is 2. The van der Waals surface area contributed by atoms with Crippen LogP contribution < -0.4 is 21.7 Å². The first-order chi connectivity index (χ1) is 16.2. The van der Waals surface area contributed by atoms with Crippen molar-refractivity contribution < 1.29 is 27.6 Å². The van der Waals surface area contributed by atoms with Crippen LogP contribution in [0.4, 0.5) is 0 Å². The third-order valence-electron chi connectivity index (χ3n) is 5.39. The standard InChI is InChI=1S/C23H26N4O6S/c24-21(29)17(11-12-34(32,33)16-9-5-2-6-10-16)25-20(28)14-19-23(31)26-18(22(30)27-19)13-15-7-3-1-4-8-15/h1-10,17-19H,11-14H2,(H2,24,29)(H,25,28)(H,26,31)(H,27,30)/t17-,18-,19-/m0/s1. The Bertz CT molecular complexity index is 1150. The van der Waals surface area contributed by atoms with Crippen LogP contribution in [-0.2, 0) is 35.4 Å². The molecular weight excluding hydrogens is 460 g/mol. The molecule has 1 aliphatic heterocycles. The summed E-state index contributed by atoms with van der Waals surface area (Å²) in [5.74, 6) is -2.99. The molecule has 3 rings (SSSR count). The second-order valence-electron chi connectivity index (χ2n) is 7.96. The number of nitrogens with one attached hydrogen (secondary N) is 3. The second kappa shape index (κ2) is 10.9. The van der Waals surface area contributed by atoms with Crippen LogP contribution in [0.15, 0.2) is 65.6 Å². The maximum atomic E-state index is 12.4. The average Bonchev–Trinajstić information content (AvgIpc) is 2.81. The number of piperazine rings is 1. The summed E-state index contributed by atoms with van der Waals surface area (Å²) in [6.07, 6.45) is -0.359. The lowest BCUT2D eigenvalue weighted by Crippen LogP contribution is -2.63. The molecule has 1 fully saturated rings. The quantitative estimate of drug-likeness (QED) is 0.351. The van der Waals surface area contributed by atoms with Gasteiger partial charge in [0.05, 0.1) is 17.1 Å². The molecule has 1 aliphatic rings. The van der Waals surface area contributed by atoms with Crippen LogP contribution in [-0.4, -0.2) is 55.9 Å². The Hall–Kier alpha value is -3.73. The minimum Gasteiger partial charge on any atom is -0.368 e. The summed E-state index contributed by atoms with van der Waals surface area (Å²) >= 11 is 0. The number of primary amides is 1. The van der Waals surface area contributed by atoms with Gasteiger partial charge in [0.25, 0.3) is 0 Å². The first kappa shape index (κ1) is 24.9. The maximum Gasteiger partial charge on any atom is 0.243 e. The van der Waals surface area contributed by atoms with Crippen molar-refractivity contribution in [3.8, 4) is 0 Å². The van der Waals surface area contributed by atoms with Crippen LogP contribution in [0, 0.1) is 0 Å². The summed E-state index contributed by atoms with van der Waals surface area (Å²) in [6, 6.07) is 13.7. The van der Waals surface area contributed by atoms with Gasteiger partial charge in [-0.2, -0.15) is 0 Å². The Labute approximate surface area is 197 Å². The zero-order valence-electron chi connectivity index (χ0n) is 18.3. The Morgan fingerprint density at radius 3 is 2.09 bits per heavy atom. The molecule has 2 aromatic carbocycles. The minimum atomic E-state index is -3.68. The first-order valence-corrected chi connectivity index (χ1v) is 12.3. The lowest BCUT2D eigenvalue weighted by Gasteiger charge is -2.29. The molecule has 0 bridgehead atoms. The van der Waals surface area contributed by atoms with Gasteiger partial charge in [-0.25, -0.2) is 8.42 Å². The summed E-state index contributed by atoms with van der Waals surface area (Å²) < 4.78 is 24.9. The highest BCUT2D eigenvalue weighted by Gasteiger charge is 2.35. The number of amides is 4. The lowest BCUT2D eigenvalue weighted by molar-refractivity contribution is -0.138. The predicted octanol–water partition coefficient (Wildman–Crippen LogP) is -0.563. The van der Waals surface area contributed by atoms with E-state index in [0.29, 0.717) is 6.42 Å². The number of carbonyl (C=O) groups excluding carboxylic acids is 4. The Morgan fingerprint density at radius 2 is 1.47 bits per heavy atom. The number of rotatable bonds is 10. The third-order valence-corrected chi connectivity index (χ3v) is 7.16. The van der Waals surface area contributed by atoms with E-state index in [2.05, 4.69) is 16.0 Å². The van der Waals surface area contributed by atoms with Gasteiger partial charge in [0.2, 0.25) is 23.6 Å². The zero-order chi connectivity index (χ0) is 24.7. The SMILES string of the molecule is NC(=O)[C@H](CCS(=O)(=O)c1ccccc1)NC(=O)C[C@@H]1NC(=O)[C@H](Cc2ccccc2)NC1=O. The largest absolute Gasteiger partial charge is 0.368 e. The van der Waals surface area contributed by atoms with Crippen molar-refractivity contribution in [2.75, 3.05) is 5.75 Å². The van der Waals surface area contributed by atoms with Crippen molar-refractivity contribution in [2.45, 2.75) is 42.3 Å². The van der Waals surface area contributed by atoms with Gasteiger partial charge in [0, 0.05) is 6.42 Å². The molecule has 1 saturated heterocycles. The van der Waals surface area contributed by atoms with E-state index in [9.17, 15) is 27.6 Å². The molecule has 2 aromatic rings. The highest BCUT2D eigenvalue weighted by atomic mass is 32.2. The van der Waals surface area contributed by atoms with Gasteiger partial charge in [-0.15, -0.1) is 0 Å². The molecule has 4 amide bonds. The van der Waals surface area contributed by atoms with Crippen molar-refractivity contribution >= 4 is 33.5 Å². The van der Waals surface area contributed by atoms with Crippen molar-refractivity contribution in [3.05, 3.63) is 66.2 Å². The molecule has 0 unspecified atom stereocenters. The number of nitrogens with two attached hydrogens (primary N) is 1. The monoisotopic (exact) mass is 486 g/mol. The number of hydrogen-bond donors (Lipinski definition) is 4. The fraction of sp³-hybridized carbons (Fsp3) is 0.304. The second-order valence-corrected chi connectivity index (χ2v) is 10.1. The number of sulfone groups is 1. The van der Waals surface area contributed by atoms with Crippen LogP contribution >= 0.6 is 0 Å². The fourth-order valence-corrected chi connectivity index (χ4v) is 4.91. The molecule has 0 radical (unpaired) electrons. The molecule has 0 saturated carbocycles. The van der Waals surface area contributed by atoms with Crippen LogP contribution in [0.25, 0.3) is 0 Å². The summed E-state index contributed by atoms with van der Waals surface area (Å²) in [5, 5.41) is 7.50. The predicted molar refractivity (Wildman–Crippen MR) is 123 cm³/mol. The average molecular weight is 487 g/mol. The summed E-state index contributed by atoms with van der Waals surface area (Å²) in [5.41, 5.74) is 6.20. The summed E-state index contributed by atoms with van der Waals surface area (Å²) in [7, 11) is -3.68. The van der Waals surface area contributed by atoms with E-state index in [1.165, 1.54) is 12.1 Å². The van der Waals surface area contributed by atoms with E-state index in [1.807, 2.05) is 30.3 Å². The molecule has 180 valence electrons. The third kappa shape index (κ3) is 6.64. The highest BCUT2D eigenvalue weighted by Crippen LogP contribution is 2.13.